The monoisotopic (exact) mass is 233 g/mol. The van der Waals surface area contributed by atoms with Gasteiger partial charge in [-0.3, -0.25) is 0 Å². The number of hydrogen-bond acceptors (Lipinski definition) is 2. The highest BCUT2D eigenvalue weighted by Crippen LogP contribution is 2.20. The van der Waals surface area contributed by atoms with Gasteiger partial charge in [0.05, 0.1) is 6.61 Å². The summed E-state index contributed by atoms with van der Waals surface area (Å²) in [4.78, 5) is 0. The molecule has 2 atom stereocenters. The summed E-state index contributed by atoms with van der Waals surface area (Å²) >= 11 is 0. The molecule has 2 rings (SSSR count). The summed E-state index contributed by atoms with van der Waals surface area (Å²) in [5.41, 5.74) is 2.81. The summed E-state index contributed by atoms with van der Waals surface area (Å²) in [6.45, 7) is 6.20. The first-order valence-electron chi connectivity index (χ1n) is 6.76. The van der Waals surface area contributed by atoms with Gasteiger partial charge in [-0.15, -0.1) is 0 Å². The van der Waals surface area contributed by atoms with Gasteiger partial charge in [0.25, 0.3) is 0 Å². The Kier molecular flexibility index (Phi) is 4.57. The van der Waals surface area contributed by atoms with E-state index in [0.29, 0.717) is 12.1 Å². The van der Waals surface area contributed by atoms with Crippen molar-refractivity contribution in [2.45, 2.75) is 45.2 Å². The van der Waals surface area contributed by atoms with Crippen LogP contribution in [0.1, 0.15) is 43.9 Å². The molecule has 1 saturated heterocycles. The van der Waals surface area contributed by atoms with E-state index in [1.165, 1.54) is 11.1 Å². The van der Waals surface area contributed by atoms with Crippen LogP contribution in [0.2, 0.25) is 0 Å². The summed E-state index contributed by atoms with van der Waals surface area (Å²) in [7, 11) is 0. The van der Waals surface area contributed by atoms with Crippen molar-refractivity contribution in [3.8, 4) is 0 Å². The minimum atomic E-state index is 0.465. The quantitative estimate of drug-likeness (QED) is 0.844. The van der Waals surface area contributed by atoms with Gasteiger partial charge in [-0.25, -0.2) is 0 Å². The van der Waals surface area contributed by atoms with E-state index in [1.54, 1.807) is 0 Å². The van der Waals surface area contributed by atoms with Crippen molar-refractivity contribution in [3.05, 3.63) is 35.4 Å². The highest BCUT2D eigenvalue weighted by atomic mass is 16.5. The van der Waals surface area contributed by atoms with Crippen LogP contribution in [-0.2, 0) is 11.2 Å². The number of benzene rings is 1. The summed E-state index contributed by atoms with van der Waals surface area (Å²) in [5, 5.41) is 3.69. The Labute approximate surface area is 104 Å². The van der Waals surface area contributed by atoms with Crippen LogP contribution in [-0.4, -0.2) is 19.3 Å². The number of nitrogens with one attached hydrogen (secondary N) is 1. The molecule has 0 radical (unpaired) electrons. The Morgan fingerprint density at radius 3 is 2.59 bits per heavy atom. The fourth-order valence-corrected chi connectivity index (χ4v) is 2.39. The second-order valence-corrected chi connectivity index (χ2v) is 4.78. The standard InChI is InChI=1S/C15H23NO/c1-3-12-5-7-13(8-6-12)15(4-2)16-14-9-10-17-11-14/h5-8,14-16H,3-4,9-11H2,1-2H3. The molecule has 17 heavy (non-hydrogen) atoms. The molecule has 0 aliphatic carbocycles. The van der Waals surface area contributed by atoms with E-state index in [4.69, 9.17) is 4.74 Å². The molecule has 1 aliphatic heterocycles. The fraction of sp³-hybridized carbons (Fsp3) is 0.600. The molecule has 2 unspecified atom stereocenters. The molecule has 0 spiro atoms. The van der Waals surface area contributed by atoms with Gasteiger partial charge < -0.3 is 10.1 Å². The van der Waals surface area contributed by atoms with Crippen LogP contribution in [0.4, 0.5) is 0 Å². The number of hydrogen-bond donors (Lipinski definition) is 1. The normalized spacial score (nSPS) is 21.6. The third-order valence-corrected chi connectivity index (χ3v) is 3.57. The zero-order chi connectivity index (χ0) is 12.1. The molecule has 1 aromatic carbocycles. The van der Waals surface area contributed by atoms with E-state index >= 15 is 0 Å². The molecule has 1 aliphatic rings. The molecule has 0 bridgehead atoms. The maximum atomic E-state index is 5.41. The Balaban J connectivity index is 2.00. The van der Waals surface area contributed by atoms with Gasteiger partial charge in [-0.1, -0.05) is 38.1 Å². The van der Waals surface area contributed by atoms with Gasteiger partial charge >= 0.3 is 0 Å². The molecule has 1 fully saturated rings. The van der Waals surface area contributed by atoms with Crippen molar-refractivity contribution >= 4 is 0 Å². The van der Waals surface area contributed by atoms with Gasteiger partial charge in [0, 0.05) is 18.7 Å². The second-order valence-electron chi connectivity index (χ2n) is 4.78. The zero-order valence-corrected chi connectivity index (χ0v) is 10.9. The van der Waals surface area contributed by atoms with Crippen molar-refractivity contribution in [2.75, 3.05) is 13.2 Å². The lowest BCUT2D eigenvalue weighted by molar-refractivity contribution is 0.187. The molecule has 1 N–H and O–H groups in total. The summed E-state index contributed by atoms with van der Waals surface area (Å²) in [6.07, 6.45) is 3.38. The summed E-state index contributed by atoms with van der Waals surface area (Å²) < 4.78 is 5.41. The van der Waals surface area contributed by atoms with Crippen molar-refractivity contribution in [3.63, 3.8) is 0 Å². The van der Waals surface area contributed by atoms with Crippen LogP contribution >= 0.6 is 0 Å². The van der Waals surface area contributed by atoms with Gasteiger partial charge in [-0.05, 0) is 30.4 Å². The van der Waals surface area contributed by atoms with E-state index in [0.717, 1.165) is 32.5 Å². The molecular formula is C15H23NO. The second kappa shape index (κ2) is 6.18. The van der Waals surface area contributed by atoms with E-state index in [2.05, 4.69) is 43.4 Å². The number of rotatable bonds is 5. The number of aryl methyl sites for hydroxylation is 1. The van der Waals surface area contributed by atoms with E-state index in [1.807, 2.05) is 0 Å². The molecule has 94 valence electrons. The number of ether oxygens (including phenoxy) is 1. The van der Waals surface area contributed by atoms with Gasteiger partial charge in [0.1, 0.15) is 0 Å². The predicted molar refractivity (Wildman–Crippen MR) is 71.2 cm³/mol. The summed E-state index contributed by atoms with van der Waals surface area (Å²) in [5.74, 6) is 0. The van der Waals surface area contributed by atoms with Crippen molar-refractivity contribution < 1.29 is 4.74 Å². The van der Waals surface area contributed by atoms with Crippen molar-refractivity contribution in [1.82, 2.24) is 5.32 Å². The highest BCUT2D eigenvalue weighted by molar-refractivity contribution is 5.25. The van der Waals surface area contributed by atoms with Gasteiger partial charge in [-0.2, -0.15) is 0 Å². The highest BCUT2D eigenvalue weighted by Gasteiger charge is 2.19. The Morgan fingerprint density at radius 1 is 1.29 bits per heavy atom. The topological polar surface area (TPSA) is 21.3 Å². The summed E-state index contributed by atoms with van der Waals surface area (Å²) in [6, 6.07) is 10.00. The molecular weight excluding hydrogens is 210 g/mol. The lowest BCUT2D eigenvalue weighted by Crippen LogP contribution is -2.32. The molecule has 2 heteroatoms. The first kappa shape index (κ1) is 12.6. The van der Waals surface area contributed by atoms with Crippen LogP contribution < -0.4 is 5.32 Å². The predicted octanol–water partition coefficient (Wildman–Crippen LogP) is 3.08. The van der Waals surface area contributed by atoms with E-state index in [-0.39, 0.29) is 0 Å². The SMILES string of the molecule is CCc1ccc(C(CC)NC2CCOC2)cc1. The first-order chi connectivity index (χ1) is 8.33. The molecule has 2 nitrogen and oxygen atoms in total. The lowest BCUT2D eigenvalue weighted by Gasteiger charge is -2.21. The molecule has 0 aromatic heterocycles. The third kappa shape index (κ3) is 3.30. The zero-order valence-electron chi connectivity index (χ0n) is 10.9. The maximum absolute atomic E-state index is 5.41. The van der Waals surface area contributed by atoms with Crippen molar-refractivity contribution in [1.29, 1.82) is 0 Å². The Bertz CT molecular complexity index is 327. The Hall–Kier alpha value is -0.860. The van der Waals surface area contributed by atoms with Crippen LogP contribution in [0, 0.1) is 0 Å². The Morgan fingerprint density at radius 2 is 2.06 bits per heavy atom. The third-order valence-electron chi connectivity index (χ3n) is 3.57. The van der Waals surface area contributed by atoms with Crippen LogP contribution in [0.5, 0.6) is 0 Å². The van der Waals surface area contributed by atoms with Crippen LogP contribution in [0.25, 0.3) is 0 Å². The molecule has 1 aromatic rings. The smallest absolute Gasteiger partial charge is 0.0620 e. The van der Waals surface area contributed by atoms with Crippen molar-refractivity contribution in [2.24, 2.45) is 0 Å². The largest absolute Gasteiger partial charge is 0.380 e. The minimum absolute atomic E-state index is 0.465. The minimum Gasteiger partial charge on any atom is -0.380 e. The van der Waals surface area contributed by atoms with Gasteiger partial charge in [0.15, 0.2) is 0 Å². The van der Waals surface area contributed by atoms with Gasteiger partial charge in [0.2, 0.25) is 0 Å². The lowest BCUT2D eigenvalue weighted by atomic mass is 10.0. The maximum Gasteiger partial charge on any atom is 0.0620 e. The van der Waals surface area contributed by atoms with Crippen LogP contribution in [0.3, 0.4) is 0 Å². The molecule has 1 heterocycles. The van der Waals surface area contributed by atoms with E-state index < -0.39 is 0 Å². The first-order valence-corrected chi connectivity index (χ1v) is 6.76. The molecule has 0 saturated carbocycles. The average Bonchev–Trinajstić information content (AvgIpc) is 2.89. The average molecular weight is 233 g/mol. The van der Waals surface area contributed by atoms with E-state index in [9.17, 15) is 0 Å². The van der Waals surface area contributed by atoms with Crippen LogP contribution in [0.15, 0.2) is 24.3 Å². The molecule has 0 amide bonds. The fourth-order valence-electron chi connectivity index (χ4n) is 2.39.